The molecular weight excluding hydrogens is 496 g/mol. The average molecular weight is 529 g/mol. The molecule has 38 heavy (non-hydrogen) atoms. The van der Waals surface area contributed by atoms with Gasteiger partial charge in [-0.2, -0.15) is 0 Å². The summed E-state index contributed by atoms with van der Waals surface area (Å²) >= 11 is 5.91. The van der Waals surface area contributed by atoms with Crippen LogP contribution in [0.25, 0.3) is 11.0 Å². The number of carbonyl (C=O) groups excluding carboxylic acids is 2. The molecule has 5 rings (SSSR count). The average Bonchev–Trinajstić information content (AvgIpc) is 3.28. The van der Waals surface area contributed by atoms with Gasteiger partial charge in [0.1, 0.15) is 12.4 Å². The van der Waals surface area contributed by atoms with Gasteiger partial charge >= 0.3 is 0 Å². The topological polar surface area (TPSA) is 67.2 Å². The Balaban J connectivity index is 1.16. The maximum atomic E-state index is 13.5. The minimum Gasteiger partial charge on any atom is -0.356 e. The fourth-order valence-corrected chi connectivity index (χ4v) is 5.29. The largest absolute Gasteiger partial charge is 0.356 e. The molecule has 0 spiro atoms. The maximum Gasteiger partial charge on any atom is 0.246 e. The minimum atomic E-state index is 0.0203. The van der Waals surface area contributed by atoms with Gasteiger partial charge in [-0.25, -0.2) is 4.98 Å². The number of aryl methyl sites for hydroxylation is 2. The third kappa shape index (κ3) is 6.25. The highest BCUT2D eigenvalue weighted by Crippen LogP contribution is 2.27. The first kappa shape index (κ1) is 26.0. The fourth-order valence-electron chi connectivity index (χ4n) is 5.17. The number of nitrogens with zero attached hydrogens (tertiary/aromatic N) is 3. The summed E-state index contributed by atoms with van der Waals surface area (Å²) in [5.74, 6) is 1.06. The van der Waals surface area contributed by atoms with Crippen LogP contribution in [-0.4, -0.2) is 34.5 Å². The first-order valence-corrected chi connectivity index (χ1v) is 13.8. The Bertz CT molecular complexity index is 1410. The summed E-state index contributed by atoms with van der Waals surface area (Å²) in [7, 11) is 0. The monoisotopic (exact) mass is 528 g/mol. The van der Waals surface area contributed by atoms with Crippen molar-refractivity contribution in [1.29, 1.82) is 0 Å². The van der Waals surface area contributed by atoms with Gasteiger partial charge in [0, 0.05) is 30.2 Å². The van der Waals surface area contributed by atoms with Crippen molar-refractivity contribution < 1.29 is 9.59 Å². The molecule has 196 valence electrons. The Labute approximate surface area is 228 Å². The van der Waals surface area contributed by atoms with Gasteiger partial charge in [0.15, 0.2) is 0 Å². The van der Waals surface area contributed by atoms with Crippen molar-refractivity contribution in [3.8, 4) is 0 Å². The van der Waals surface area contributed by atoms with E-state index in [-0.39, 0.29) is 18.4 Å². The van der Waals surface area contributed by atoms with Crippen LogP contribution in [0.1, 0.15) is 42.6 Å². The number of amides is 2. The van der Waals surface area contributed by atoms with Crippen LogP contribution in [-0.2, 0) is 35.4 Å². The molecule has 3 aromatic carbocycles. The molecule has 1 aliphatic heterocycles. The molecule has 1 N–H and O–H groups in total. The van der Waals surface area contributed by atoms with Gasteiger partial charge in [-0.15, -0.1) is 0 Å². The van der Waals surface area contributed by atoms with Crippen LogP contribution in [0.4, 0.5) is 5.69 Å². The second-order valence-corrected chi connectivity index (χ2v) is 10.3. The molecule has 0 saturated carbocycles. The molecule has 0 unspecified atom stereocenters. The highest BCUT2D eigenvalue weighted by molar-refractivity contribution is 6.30. The summed E-state index contributed by atoms with van der Waals surface area (Å²) in [5, 5.41) is 3.68. The van der Waals surface area contributed by atoms with Crippen molar-refractivity contribution in [2.24, 2.45) is 0 Å². The van der Waals surface area contributed by atoms with E-state index < -0.39 is 0 Å². The number of unbranched alkanes of at least 4 members (excludes halogenated alkanes) is 2. The third-order valence-electron chi connectivity index (χ3n) is 7.12. The summed E-state index contributed by atoms with van der Waals surface area (Å²) in [6.07, 6.45) is 5.95. The van der Waals surface area contributed by atoms with Crippen molar-refractivity contribution >= 4 is 40.1 Å². The number of para-hydroxylation sites is 3. The number of fused-ring (bicyclic) bond motifs is 2. The molecule has 7 heteroatoms. The molecule has 0 bridgehead atoms. The zero-order valence-electron chi connectivity index (χ0n) is 21.5. The van der Waals surface area contributed by atoms with Crippen LogP contribution in [0.2, 0.25) is 5.02 Å². The van der Waals surface area contributed by atoms with E-state index in [1.807, 2.05) is 59.5 Å². The lowest BCUT2D eigenvalue weighted by molar-refractivity contribution is -0.120. The van der Waals surface area contributed by atoms with Gasteiger partial charge in [0.05, 0.1) is 17.5 Å². The normalized spacial score (nSPS) is 12.9. The van der Waals surface area contributed by atoms with Crippen molar-refractivity contribution in [2.45, 2.75) is 51.5 Å². The molecule has 0 radical (unpaired) electrons. The van der Waals surface area contributed by atoms with Gasteiger partial charge < -0.3 is 14.8 Å². The number of rotatable bonds is 10. The molecule has 0 fully saturated rings. The maximum absolute atomic E-state index is 13.5. The molecular formula is C31H33ClN4O2. The van der Waals surface area contributed by atoms with E-state index in [9.17, 15) is 9.59 Å². The van der Waals surface area contributed by atoms with Crippen LogP contribution in [0.3, 0.4) is 0 Å². The van der Waals surface area contributed by atoms with E-state index in [2.05, 4.69) is 16.0 Å². The van der Waals surface area contributed by atoms with Gasteiger partial charge in [-0.3, -0.25) is 9.59 Å². The second-order valence-electron chi connectivity index (χ2n) is 9.84. The Morgan fingerprint density at radius 3 is 2.58 bits per heavy atom. The molecule has 0 atom stereocenters. The number of imidazole rings is 1. The summed E-state index contributed by atoms with van der Waals surface area (Å²) in [6, 6.07) is 23.6. The van der Waals surface area contributed by atoms with Crippen molar-refractivity contribution in [3.05, 3.63) is 94.8 Å². The molecule has 2 amide bonds. The number of carbonyl (C=O) groups is 2. The smallest absolute Gasteiger partial charge is 0.246 e. The SMILES string of the molecule is O=C(Cc1ccc(Cl)cc1)NCCCCCc1nc2ccccc2n1CC(=O)N1CCCc2ccccc21. The summed E-state index contributed by atoms with van der Waals surface area (Å²) in [6.45, 7) is 1.68. The number of nitrogens with one attached hydrogen (secondary N) is 1. The highest BCUT2D eigenvalue weighted by Gasteiger charge is 2.23. The van der Waals surface area contributed by atoms with Crippen molar-refractivity contribution in [3.63, 3.8) is 0 Å². The van der Waals surface area contributed by atoms with Crippen LogP contribution < -0.4 is 10.2 Å². The number of hydrogen-bond acceptors (Lipinski definition) is 3. The van der Waals surface area contributed by atoms with E-state index in [1.165, 1.54) is 5.56 Å². The van der Waals surface area contributed by atoms with Gasteiger partial charge in [-0.1, -0.05) is 60.5 Å². The lowest BCUT2D eigenvalue weighted by atomic mass is 10.0. The fraction of sp³-hybridized carbons (Fsp3) is 0.323. The summed E-state index contributed by atoms with van der Waals surface area (Å²) in [4.78, 5) is 32.5. The Kier molecular flexibility index (Phi) is 8.39. The molecule has 0 aliphatic carbocycles. The predicted molar refractivity (Wildman–Crippen MR) is 153 cm³/mol. The molecule has 4 aromatic rings. The van der Waals surface area contributed by atoms with E-state index in [1.54, 1.807) is 12.1 Å². The Morgan fingerprint density at radius 2 is 1.71 bits per heavy atom. The van der Waals surface area contributed by atoms with E-state index in [0.717, 1.165) is 73.2 Å². The Morgan fingerprint density at radius 1 is 0.921 bits per heavy atom. The first-order chi connectivity index (χ1) is 18.6. The molecule has 1 aliphatic rings. The van der Waals surface area contributed by atoms with Crippen LogP contribution in [0.15, 0.2) is 72.8 Å². The van der Waals surface area contributed by atoms with E-state index in [4.69, 9.17) is 16.6 Å². The zero-order chi connectivity index (χ0) is 26.3. The quantitative estimate of drug-likeness (QED) is 0.267. The third-order valence-corrected chi connectivity index (χ3v) is 7.37. The number of hydrogen-bond donors (Lipinski definition) is 1. The molecule has 6 nitrogen and oxygen atoms in total. The Hall–Kier alpha value is -3.64. The lowest BCUT2D eigenvalue weighted by Gasteiger charge is -2.29. The van der Waals surface area contributed by atoms with Crippen molar-refractivity contribution in [2.75, 3.05) is 18.0 Å². The number of aromatic nitrogens is 2. The summed E-state index contributed by atoms with van der Waals surface area (Å²) < 4.78 is 2.09. The highest BCUT2D eigenvalue weighted by atomic mass is 35.5. The number of halogens is 1. The number of benzene rings is 3. The van der Waals surface area contributed by atoms with Crippen LogP contribution in [0.5, 0.6) is 0 Å². The van der Waals surface area contributed by atoms with E-state index >= 15 is 0 Å². The minimum absolute atomic E-state index is 0.0203. The predicted octanol–water partition coefficient (Wildman–Crippen LogP) is 5.74. The van der Waals surface area contributed by atoms with Crippen LogP contribution >= 0.6 is 11.6 Å². The van der Waals surface area contributed by atoms with Gasteiger partial charge in [-0.05, 0) is 67.1 Å². The second kappa shape index (κ2) is 12.3. The number of anilines is 1. The zero-order valence-corrected chi connectivity index (χ0v) is 22.3. The van der Waals surface area contributed by atoms with Crippen molar-refractivity contribution in [1.82, 2.24) is 14.9 Å². The van der Waals surface area contributed by atoms with Crippen LogP contribution in [0, 0.1) is 0 Å². The lowest BCUT2D eigenvalue weighted by Crippen LogP contribution is -2.38. The van der Waals surface area contributed by atoms with Gasteiger partial charge in [0.25, 0.3) is 0 Å². The van der Waals surface area contributed by atoms with Gasteiger partial charge in [0.2, 0.25) is 11.8 Å². The molecule has 2 heterocycles. The molecule has 0 saturated heterocycles. The standard InChI is InChI=1S/C31H33ClN4O2/c32-25-17-15-23(16-18-25)21-30(37)33-19-7-1-2-14-29-34-26-11-4-6-13-28(26)36(29)22-31(38)35-20-8-10-24-9-3-5-12-27(24)35/h3-6,9,11-13,15-18H,1-2,7-8,10,14,19-22H2,(H,33,37). The summed E-state index contributed by atoms with van der Waals surface area (Å²) in [5.41, 5.74) is 5.14. The molecule has 1 aromatic heterocycles. The first-order valence-electron chi connectivity index (χ1n) is 13.4. The van der Waals surface area contributed by atoms with E-state index in [0.29, 0.717) is 18.0 Å².